The molecule has 0 radical (unpaired) electrons. The lowest BCUT2D eigenvalue weighted by atomic mass is 9.92. The lowest BCUT2D eigenvalue weighted by Gasteiger charge is -2.32. The molecule has 0 spiro atoms. The number of nitrogens with one attached hydrogen (secondary N) is 2. The zero-order chi connectivity index (χ0) is 22.9. The maximum absolute atomic E-state index is 13.6. The van der Waals surface area contributed by atoms with Crippen molar-refractivity contribution in [2.75, 3.05) is 19.4 Å². The predicted molar refractivity (Wildman–Crippen MR) is 110 cm³/mol. The monoisotopic (exact) mass is 431 g/mol. The molecule has 0 aromatic heterocycles. The van der Waals surface area contributed by atoms with Gasteiger partial charge in [-0.15, -0.1) is 0 Å². The van der Waals surface area contributed by atoms with Crippen molar-refractivity contribution >= 4 is 17.4 Å². The molecule has 2 atom stereocenters. The van der Waals surface area contributed by atoms with Gasteiger partial charge in [0.15, 0.2) is 11.9 Å². The van der Waals surface area contributed by atoms with Crippen LogP contribution in [0.25, 0.3) is 0 Å². The van der Waals surface area contributed by atoms with E-state index in [0.717, 1.165) is 6.07 Å². The molecule has 0 heterocycles. The number of rotatable bonds is 7. The third-order valence-electron chi connectivity index (χ3n) is 4.99. The second-order valence-electron chi connectivity index (χ2n) is 7.39. The van der Waals surface area contributed by atoms with E-state index in [-0.39, 0.29) is 28.4 Å². The summed E-state index contributed by atoms with van der Waals surface area (Å²) < 4.78 is 27.2. The molecule has 2 unspecified atom stereocenters. The van der Waals surface area contributed by atoms with Crippen LogP contribution >= 0.6 is 0 Å². The van der Waals surface area contributed by atoms with Crippen molar-refractivity contribution < 1.29 is 28.6 Å². The van der Waals surface area contributed by atoms with Crippen LogP contribution in [-0.2, 0) is 4.79 Å². The van der Waals surface area contributed by atoms with Crippen LogP contribution < -0.4 is 10.6 Å². The molecule has 1 amide bonds. The average Bonchev–Trinajstić information content (AvgIpc) is 2.72. The zero-order valence-electron chi connectivity index (χ0n) is 17.2. The summed E-state index contributed by atoms with van der Waals surface area (Å²) in [5, 5.41) is 26.3. The number of carbonyl (C=O) groups excluding carboxylic acids is 2. The molecule has 0 saturated carbocycles. The van der Waals surface area contributed by atoms with Crippen molar-refractivity contribution in [1.82, 2.24) is 10.2 Å². The summed E-state index contributed by atoms with van der Waals surface area (Å²) in [5.41, 5.74) is 0.602. The molecule has 0 aliphatic heterocycles. The third kappa shape index (κ3) is 4.36. The van der Waals surface area contributed by atoms with Gasteiger partial charge < -0.3 is 25.7 Å². The first-order chi connectivity index (χ1) is 14.6. The first kappa shape index (κ1) is 22.2. The Morgan fingerprint density at radius 1 is 1.19 bits per heavy atom. The number of para-hydroxylation sites is 1. The highest BCUT2D eigenvalue weighted by Gasteiger charge is 2.39. The fourth-order valence-electron chi connectivity index (χ4n) is 3.31. The lowest BCUT2D eigenvalue weighted by Crippen LogP contribution is -2.46. The normalized spacial score (nSPS) is 16.6. The summed E-state index contributed by atoms with van der Waals surface area (Å²) in [7, 11) is 3.09. The number of benzene rings is 2. The second kappa shape index (κ2) is 8.73. The summed E-state index contributed by atoms with van der Waals surface area (Å²) in [6.45, 7) is 1.77. The first-order valence-corrected chi connectivity index (χ1v) is 9.63. The van der Waals surface area contributed by atoms with Gasteiger partial charge in [-0.25, -0.2) is 8.78 Å². The number of carbonyl (C=O) groups is 2. The Morgan fingerprint density at radius 2 is 1.84 bits per heavy atom. The van der Waals surface area contributed by atoms with E-state index in [0.29, 0.717) is 12.0 Å². The molecule has 9 heteroatoms. The minimum absolute atomic E-state index is 0.0350. The Bertz CT molecular complexity index is 1050. The van der Waals surface area contributed by atoms with E-state index in [1.165, 1.54) is 29.2 Å². The molecule has 1 aliphatic rings. The number of halogens is 2. The number of phenolic OH excluding ortho intramolecular Hbond substituents is 1. The number of aliphatic hydroxyl groups is 1. The van der Waals surface area contributed by atoms with E-state index < -0.39 is 35.5 Å². The van der Waals surface area contributed by atoms with E-state index in [9.17, 15) is 28.6 Å². The Hall–Kier alpha value is -3.46. The largest absolute Gasteiger partial charge is 0.505 e. The number of aromatic hydroxyl groups is 1. The van der Waals surface area contributed by atoms with Crippen LogP contribution in [0.3, 0.4) is 0 Å². The van der Waals surface area contributed by atoms with Gasteiger partial charge in [-0.3, -0.25) is 9.59 Å². The van der Waals surface area contributed by atoms with Crippen molar-refractivity contribution in [2.45, 2.75) is 25.5 Å². The number of phenols is 1. The molecular formula is C22H23F2N3O4. The fraction of sp³-hybridized carbons (Fsp3) is 0.273. The summed E-state index contributed by atoms with van der Waals surface area (Å²) in [6.07, 6.45) is -1.06. The maximum atomic E-state index is 13.6. The average molecular weight is 431 g/mol. The van der Waals surface area contributed by atoms with Gasteiger partial charge in [0.25, 0.3) is 5.91 Å². The number of Topliss-reactive ketones (excluding diaryl/α,β-unsaturated/α-hetero) is 1. The molecule has 3 rings (SSSR count). The molecule has 4 N–H and O–H groups in total. The van der Waals surface area contributed by atoms with Crippen molar-refractivity contribution in [2.24, 2.45) is 0 Å². The number of nitrogens with zero attached hydrogens (tertiary/aromatic N) is 1. The number of hydrogen-bond acceptors (Lipinski definition) is 6. The van der Waals surface area contributed by atoms with Gasteiger partial charge in [0.1, 0.15) is 17.3 Å². The van der Waals surface area contributed by atoms with Gasteiger partial charge >= 0.3 is 0 Å². The molecule has 0 saturated heterocycles. The quantitative estimate of drug-likeness (QED) is 0.503. The van der Waals surface area contributed by atoms with Crippen LogP contribution in [0.2, 0.25) is 0 Å². The molecule has 2 aromatic rings. The smallest absolute Gasteiger partial charge is 0.257 e. The summed E-state index contributed by atoms with van der Waals surface area (Å²) >= 11 is 0. The predicted octanol–water partition coefficient (Wildman–Crippen LogP) is 2.68. The van der Waals surface area contributed by atoms with Gasteiger partial charge in [-0.2, -0.15) is 0 Å². The highest BCUT2D eigenvalue weighted by molar-refractivity contribution is 6.09. The number of ketones is 1. The summed E-state index contributed by atoms with van der Waals surface area (Å²) in [4.78, 5) is 25.8. The molecule has 31 heavy (non-hydrogen) atoms. The van der Waals surface area contributed by atoms with Crippen molar-refractivity contribution in [3.8, 4) is 5.75 Å². The van der Waals surface area contributed by atoms with Crippen LogP contribution in [0.1, 0.15) is 35.3 Å². The van der Waals surface area contributed by atoms with Gasteiger partial charge in [-0.05, 0) is 36.2 Å². The van der Waals surface area contributed by atoms with Gasteiger partial charge in [0, 0.05) is 20.2 Å². The minimum atomic E-state index is -1.46. The van der Waals surface area contributed by atoms with Crippen molar-refractivity contribution in [3.05, 3.63) is 70.6 Å². The molecule has 0 bridgehead atoms. The maximum Gasteiger partial charge on any atom is 0.257 e. The molecule has 0 fully saturated rings. The molecule has 164 valence electrons. The second-order valence-corrected chi connectivity index (χ2v) is 7.39. The fourth-order valence-corrected chi connectivity index (χ4v) is 3.31. The van der Waals surface area contributed by atoms with E-state index in [2.05, 4.69) is 10.6 Å². The van der Waals surface area contributed by atoms with Crippen LogP contribution in [-0.4, -0.2) is 47.0 Å². The number of amides is 1. The number of anilines is 1. The number of aliphatic hydroxyl groups excluding tert-OH is 1. The Morgan fingerprint density at radius 3 is 2.42 bits per heavy atom. The first-order valence-electron chi connectivity index (χ1n) is 9.63. The Kier molecular flexibility index (Phi) is 6.26. The van der Waals surface area contributed by atoms with Crippen LogP contribution in [0.5, 0.6) is 5.75 Å². The zero-order valence-corrected chi connectivity index (χ0v) is 17.2. The molecule has 7 nitrogen and oxygen atoms in total. The number of hydrogen-bond donors (Lipinski definition) is 4. The van der Waals surface area contributed by atoms with Gasteiger partial charge in [-0.1, -0.05) is 13.0 Å². The lowest BCUT2D eigenvalue weighted by molar-refractivity contribution is -0.125. The van der Waals surface area contributed by atoms with Crippen LogP contribution in [0.15, 0.2) is 47.8 Å². The van der Waals surface area contributed by atoms with E-state index >= 15 is 0 Å². The topological polar surface area (TPSA) is 102 Å². The van der Waals surface area contributed by atoms with Gasteiger partial charge in [0.05, 0.1) is 23.0 Å². The molecule has 2 aromatic carbocycles. The van der Waals surface area contributed by atoms with Crippen molar-refractivity contribution in [1.29, 1.82) is 0 Å². The standard InChI is InChI=1S/C22H23F2N3O4/c1-4-15(11-8-12(23)10-13(24)9-11)25-17-18(21(30)20(17)29)26-16-7-5-6-14(19(16)28)22(31)27(2)3/h5-10,15,21,25-26,28,30H,4H2,1-3H3. The van der Waals surface area contributed by atoms with Crippen molar-refractivity contribution in [3.63, 3.8) is 0 Å². The SMILES string of the molecule is CCC(NC1=C(Nc2cccc(C(=O)N(C)C)c2O)C(O)C1=O)c1cc(F)cc(F)c1. The van der Waals surface area contributed by atoms with E-state index in [1.54, 1.807) is 27.1 Å². The Balaban J connectivity index is 1.91. The third-order valence-corrected chi connectivity index (χ3v) is 4.99. The van der Waals surface area contributed by atoms with Gasteiger partial charge in [0.2, 0.25) is 5.78 Å². The highest BCUT2D eigenvalue weighted by Crippen LogP contribution is 2.34. The van der Waals surface area contributed by atoms with Crippen LogP contribution in [0, 0.1) is 11.6 Å². The Labute approximate surface area is 178 Å². The van der Waals surface area contributed by atoms with E-state index in [1.807, 2.05) is 0 Å². The summed E-state index contributed by atoms with van der Waals surface area (Å²) in [5.74, 6) is -2.83. The molecular weight excluding hydrogens is 408 g/mol. The molecule has 1 aliphatic carbocycles. The summed E-state index contributed by atoms with van der Waals surface area (Å²) in [6, 6.07) is 6.98. The van der Waals surface area contributed by atoms with E-state index in [4.69, 9.17) is 0 Å². The van der Waals surface area contributed by atoms with Crippen LogP contribution in [0.4, 0.5) is 14.5 Å². The highest BCUT2D eigenvalue weighted by atomic mass is 19.1. The minimum Gasteiger partial charge on any atom is -0.505 e.